The topological polar surface area (TPSA) is 112 Å². The molecule has 1 aromatic rings. The lowest BCUT2D eigenvalue weighted by Crippen LogP contribution is -2.48. The summed E-state index contributed by atoms with van der Waals surface area (Å²) in [6, 6.07) is 5.34. The Morgan fingerprint density at radius 1 is 1.22 bits per heavy atom. The Morgan fingerprint density at radius 2 is 1.96 bits per heavy atom. The van der Waals surface area contributed by atoms with Crippen LogP contribution in [0.5, 0.6) is 11.5 Å². The highest BCUT2D eigenvalue weighted by atomic mass is 16.5. The second kappa shape index (κ2) is 10.1. The highest BCUT2D eigenvalue weighted by Gasteiger charge is 2.38. The van der Waals surface area contributed by atoms with Crippen LogP contribution < -0.4 is 25.8 Å². The van der Waals surface area contributed by atoms with Crippen LogP contribution in [0.1, 0.15) is 25.3 Å². The van der Waals surface area contributed by atoms with Crippen molar-refractivity contribution in [1.82, 2.24) is 10.6 Å². The van der Waals surface area contributed by atoms with E-state index in [2.05, 4.69) is 10.6 Å². The van der Waals surface area contributed by atoms with Crippen LogP contribution in [0, 0.1) is 5.41 Å². The van der Waals surface area contributed by atoms with Gasteiger partial charge in [0.25, 0.3) is 5.91 Å². The number of hydrogen-bond donors (Lipinski definition) is 3. The van der Waals surface area contributed by atoms with Crippen molar-refractivity contribution in [3.8, 4) is 11.5 Å². The van der Waals surface area contributed by atoms with Gasteiger partial charge in [-0.3, -0.25) is 9.59 Å². The van der Waals surface area contributed by atoms with E-state index < -0.39 is 5.41 Å². The van der Waals surface area contributed by atoms with Crippen LogP contribution >= 0.6 is 0 Å². The first kappa shape index (κ1) is 21.0. The average Bonchev–Trinajstić information content (AvgIpc) is 2.71. The highest BCUT2D eigenvalue weighted by molar-refractivity contribution is 5.83. The molecule has 8 heteroatoms. The van der Waals surface area contributed by atoms with E-state index in [1.54, 1.807) is 12.1 Å². The number of benzene rings is 1. The molecule has 0 aromatic heterocycles. The molecule has 2 amide bonds. The number of nitrogens with one attached hydrogen (secondary N) is 2. The van der Waals surface area contributed by atoms with Gasteiger partial charge in [0.15, 0.2) is 18.1 Å². The van der Waals surface area contributed by atoms with Crippen LogP contribution in [0.4, 0.5) is 0 Å². The van der Waals surface area contributed by atoms with Crippen molar-refractivity contribution in [3.63, 3.8) is 0 Å². The van der Waals surface area contributed by atoms with E-state index >= 15 is 0 Å². The second-order valence-electron chi connectivity index (χ2n) is 6.51. The van der Waals surface area contributed by atoms with Crippen LogP contribution in [0.25, 0.3) is 0 Å². The molecular weight excluding hydrogens is 350 g/mol. The summed E-state index contributed by atoms with van der Waals surface area (Å²) in [5.74, 6) is 0.732. The maximum atomic E-state index is 12.6. The van der Waals surface area contributed by atoms with Gasteiger partial charge in [0, 0.05) is 32.8 Å². The molecular formula is C19H29N3O5. The van der Waals surface area contributed by atoms with Crippen molar-refractivity contribution in [2.75, 3.05) is 40.0 Å². The summed E-state index contributed by atoms with van der Waals surface area (Å²) >= 11 is 0. The van der Waals surface area contributed by atoms with Gasteiger partial charge in [-0.2, -0.15) is 0 Å². The molecule has 1 aromatic carbocycles. The zero-order valence-corrected chi connectivity index (χ0v) is 16.0. The van der Waals surface area contributed by atoms with E-state index in [9.17, 15) is 9.59 Å². The molecule has 1 aliphatic rings. The molecule has 0 spiro atoms. The molecule has 1 saturated heterocycles. The summed E-state index contributed by atoms with van der Waals surface area (Å²) in [4.78, 5) is 24.2. The van der Waals surface area contributed by atoms with E-state index in [-0.39, 0.29) is 18.4 Å². The summed E-state index contributed by atoms with van der Waals surface area (Å²) < 4.78 is 16.2. The second-order valence-corrected chi connectivity index (χ2v) is 6.51. The Kier molecular flexibility index (Phi) is 7.87. The summed E-state index contributed by atoms with van der Waals surface area (Å²) in [6.45, 7) is 4.07. The summed E-state index contributed by atoms with van der Waals surface area (Å²) in [7, 11) is 1.53. The lowest BCUT2D eigenvalue weighted by Gasteiger charge is -2.34. The fourth-order valence-electron chi connectivity index (χ4n) is 2.99. The van der Waals surface area contributed by atoms with E-state index in [1.165, 1.54) is 7.11 Å². The smallest absolute Gasteiger partial charge is 0.257 e. The van der Waals surface area contributed by atoms with Gasteiger partial charge >= 0.3 is 0 Å². The third-order valence-electron chi connectivity index (χ3n) is 4.74. The summed E-state index contributed by atoms with van der Waals surface area (Å²) in [5, 5.41) is 5.63. The van der Waals surface area contributed by atoms with Crippen LogP contribution in [0.2, 0.25) is 0 Å². The SMILES string of the molecule is CCNC(=O)COc1ccc(CNC(=O)C2(CN)CCOCC2)cc1OC. The molecule has 0 bridgehead atoms. The molecule has 0 unspecified atom stereocenters. The number of carbonyl (C=O) groups excluding carboxylic acids is 2. The first-order valence-electron chi connectivity index (χ1n) is 9.17. The first-order valence-corrected chi connectivity index (χ1v) is 9.17. The average molecular weight is 379 g/mol. The van der Waals surface area contributed by atoms with Crippen LogP contribution in [-0.2, 0) is 20.9 Å². The zero-order valence-electron chi connectivity index (χ0n) is 16.0. The molecule has 0 aliphatic carbocycles. The molecule has 0 atom stereocenters. The number of methoxy groups -OCH3 is 1. The molecule has 1 aliphatic heterocycles. The van der Waals surface area contributed by atoms with Gasteiger partial charge in [-0.25, -0.2) is 0 Å². The monoisotopic (exact) mass is 379 g/mol. The molecule has 1 heterocycles. The van der Waals surface area contributed by atoms with Gasteiger partial charge in [-0.05, 0) is 37.5 Å². The Balaban J connectivity index is 1.96. The standard InChI is InChI=1S/C19H29N3O5/c1-3-21-17(23)12-27-15-5-4-14(10-16(15)25-2)11-22-18(24)19(13-20)6-8-26-9-7-19/h4-5,10H,3,6-9,11-13,20H2,1-2H3,(H,21,23)(H,22,24). The number of rotatable bonds is 9. The van der Waals surface area contributed by atoms with Gasteiger partial charge < -0.3 is 30.6 Å². The third-order valence-corrected chi connectivity index (χ3v) is 4.74. The van der Waals surface area contributed by atoms with Crippen molar-refractivity contribution in [2.24, 2.45) is 11.1 Å². The third kappa shape index (κ3) is 5.58. The fourth-order valence-corrected chi connectivity index (χ4v) is 2.99. The quantitative estimate of drug-likeness (QED) is 0.579. The summed E-state index contributed by atoms with van der Waals surface area (Å²) in [6.07, 6.45) is 1.26. The van der Waals surface area contributed by atoms with Crippen molar-refractivity contribution < 1.29 is 23.8 Å². The maximum Gasteiger partial charge on any atom is 0.257 e. The number of likely N-dealkylation sites (N-methyl/N-ethyl adjacent to an activating group) is 1. The van der Waals surface area contributed by atoms with Crippen molar-refractivity contribution >= 4 is 11.8 Å². The fraction of sp³-hybridized carbons (Fsp3) is 0.579. The Labute approximate surface area is 159 Å². The van der Waals surface area contributed by atoms with E-state index in [0.29, 0.717) is 57.2 Å². The number of amides is 2. The molecule has 0 radical (unpaired) electrons. The van der Waals surface area contributed by atoms with Gasteiger partial charge in [-0.15, -0.1) is 0 Å². The van der Waals surface area contributed by atoms with Gasteiger partial charge in [-0.1, -0.05) is 6.07 Å². The summed E-state index contributed by atoms with van der Waals surface area (Å²) in [5.41, 5.74) is 6.18. The molecule has 27 heavy (non-hydrogen) atoms. The Morgan fingerprint density at radius 3 is 2.59 bits per heavy atom. The van der Waals surface area contributed by atoms with Crippen LogP contribution in [0.3, 0.4) is 0 Å². The van der Waals surface area contributed by atoms with Crippen molar-refractivity contribution in [1.29, 1.82) is 0 Å². The highest BCUT2D eigenvalue weighted by Crippen LogP contribution is 2.30. The Hall–Kier alpha value is -2.32. The zero-order chi connectivity index (χ0) is 19.7. The number of hydrogen-bond acceptors (Lipinski definition) is 6. The van der Waals surface area contributed by atoms with Gasteiger partial charge in [0.2, 0.25) is 5.91 Å². The molecule has 8 nitrogen and oxygen atoms in total. The molecule has 2 rings (SSSR count). The molecule has 4 N–H and O–H groups in total. The lowest BCUT2D eigenvalue weighted by molar-refractivity contribution is -0.136. The van der Waals surface area contributed by atoms with Crippen LogP contribution in [0.15, 0.2) is 18.2 Å². The molecule has 0 saturated carbocycles. The van der Waals surface area contributed by atoms with E-state index in [0.717, 1.165) is 5.56 Å². The van der Waals surface area contributed by atoms with Gasteiger partial charge in [0.1, 0.15) is 0 Å². The number of carbonyl (C=O) groups is 2. The minimum absolute atomic E-state index is 0.0520. The van der Waals surface area contributed by atoms with Crippen molar-refractivity contribution in [2.45, 2.75) is 26.3 Å². The Bertz CT molecular complexity index is 644. The minimum atomic E-state index is -0.558. The number of ether oxygens (including phenoxy) is 3. The first-order chi connectivity index (χ1) is 13.0. The van der Waals surface area contributed by atoms with Gasteiger partial charge in [0.05, 0.1) is 12.5 Å². The predicted molar refractivity (Wildman–Crippen MR) is 101 cm³/mol. The van der Waals surface area contributed by atoms with E-state index in [1.807, 2.05) is 13.0 Å². The van der Waals surface area contributed by atoms with E-state index in [4.69, 9.17) is 19.9 Å². The normalized spacial score (nSPS) is 15.7. The van der Waals surface area contributed by atoms with Crippen LogP contribution in [-0.4, -0.2) is 51.8 Å². The molecule has 1 fully saturated rings. The predicted octanol–water partition coefficient (Wildman–Crippen LogP) is 0.582. The largest absolute Gasteiger partial charge is 0.493 e. The number of nitrogens with two attached hydrogens (primary N) is 1. The minimum Gasteiger partial charge on any atom is -0.493 e. The van der Waals surface area contributed by atoms with Crippen molar-refractivity contribution in [3.05, 3.63) is 23.8 Å². The maximum absolute atomic E-state index is 12.6. The lowest BCUT2D eigenvalue weighted by atomic mass is 9.79. The molecule has 150 valence electrons.